The zero-order valence-electron chi connectivity index (χ0n) is 20.9. The summed E-state index contributed by atoms with van der Waals surface area (Å²) in [6.45, 7) is 3.98. The van der Waals surface area contributed by atoms with Crippen molar-refractivity contribution in [1.82, 2.24) is 15.1 Å². The van der Waals surface area contributed by atoms with E-state index >= 15 is 0 Å². The van der Waals surface area contributed by atoms with Gasteiger partial charge in [-0.3, -0.25) is 9.80 Å². The first-order chi connectivity index (χ1) is 16.6. The van der Waals surface area contributed by atoms with Gasteiger partial charge in [-0.15, -0.1) is 0 Å². The fourth-order valence-electron chi connectivity index (χ4n) is 5.20. The van der Waals surface area contributed by atoms with Gasteiger partial charge in [0.05, 0.1) is 0 Å². The molecular weight excluding hydrogens is 418 g/mol. The van der Waals surface area contributed by atoms with Crippen LogP contribution in [0.25, 0.3) is 0 Å². The highest BCUT2D eigenvalue weighted by Gasteiger charge is 2.38. The Morgan fingerprint density at radius 1 is 0.882 bits per heavy atom. The van der Waals surface area contributed by atoms with Crippen LogP contribution < -0.4 is 10.1 Å². The van der Waals surface area contributed by atoms with Gasteiger partial charge < -0.3 is 10.1 Å². The fraction of sp³-hybridized carbons (Fsp3) is 0.400. The van der Waals surface area contributed by atoms with Crippen LogP contribution in [0.15, 0.2) is 84.9 Å². The molecule has 1 fully saturated rings. The summed E-state index contributed by atoms with van der Waals surface area (Å²) in [6, 6.07) is 30.1. The Labute approximate surface area is 205 Å². The van der Waals surface area contributed by atoms with E-state index in [2.05, 4.69) is 114 Å². The van der Waals surface area contributed by atoms with Crippen molar-refractivity contribution in [3.63, 3.8) is 0 Å². The van der Waals surface area contributed by atoms with Crippen molar-refractivity contribution in [3.8, 4) is 5.75 Å². The van der Waals surface area contributed by atoms with Gasteiger partial charge in [-0.05, 0) is 57.7 Å². The quantitative estimate of drug-likeness (QED) is 0.437. The number of hydrogen-bond acceptors (Lipinski definition) is 4. The summed E-state index contributed by atoms with van der Waals surface area (Å²) in [5.41, 5.74) is 4.03. The Hall–Kier alpha value is -2.66. The van der Waals surface area contributed by atoms with Gasteiger partial charge >= 0.3 is 0 Å². The standard InChI is InChI=1S/C30H39N3O/c1-31-21-18-29(25-12-6-4-7-13-25)34-28-17-11-10-14-26(28)24-33-22-19-30(20-23-33,32(2)3)27-15-8-5-9-16-27/h4-17,29,31H,18-24H2,1-3H3. The first kappa shape index (κ1) is 24.5. The second-order valence-electron chi connectivity index (χ2n) is 9.59. The molecule has 3 aromatic carbocycles. The summed E-state index contributed by atoms with van der Waals surface area (Å²) in [5, 5.41) is 3.27. The van der Waals surface area contributed by atoms with Crippen molar-refractivity contribution >= 4 is 0 Å². The predicted octanol–water partition coefficient (Wildman–Crippen LogP) is 5.47. The van der Waals surface area contributed by atoms with E-state index in [0.29, 0.717) is 0 Å². The summed E-state index contributed by atoms with van der Waals surface area (Å²) >= 11 is 0. The zero-order valence-corrected chi connectivity index (χ0v) is 20.9. The zero-order chi connectivity index (χ0) is 23.8. The Bertz CT molecular complexity index is 998. The largest absolute Gasteiger partial charge is 0.485 e. The maximum atomic E-state index is 6.65. The topological polar surface area (TPSA) is 27.7 Å². The molecule has 0 aromatic heterocycles. The number of piperidine rings is 1. The molecule has 0 aliphatic carbocycles. The molecule has 1 aliphatic heterocycles. The van der Waals surface area contributed by atoms with Crippen molar-refractivity contribution in [3.05, 3.63) is 102 Å². The molecule has 1 saturated heterocycles. The van der Waals surface area contributed by atoms with E-state index in [-0.39, 0.29) is 11.6 Å². The monoisotopic (exact) mass is 457 g/mol. The lowest BCUT2D eigenvalue weighted by atomic mass is 9.79. The van der Waals surface area contributed by atoms with Crippen LogP contribution in [0.2, 0.25) is 0 Å². The van der Waals surface area contributed by atoms with Crippen molar-refractivity contribution < 1.29 is 4.74 Å². The highest BCUT2D eigenvalue weighted by molar-refractivity contribution is 5.34. The molecule has 180 valence electrons. The molecule has 1 atom stereocenters. The minimum atomic E-state index is 0.0376. The molecule has 4 nitrogen and oxygen atoms in total. The lowest BCUT2D eigenvalue weighted by molar-refractivity contribution is 0.0501. The number of rotatable bonds is 10. The van der Waals surface area contributed by atoms with Gasteiger partial charge in [0.25, 0.3) is 0 Å². The molecule has 0 spiro atoms. The molecule has 0 radical (unpaired) electrons. The Balaban J connectivity index is 1.46. The lowest BCUT2D eigenvalue weighted by Crippen LogP contribution is -2.50. The highest BCUT2D eigenvalue weighted by Crippen LogP contribution is 2.38. The maximum Gasteiger partial charge on any atom is 0.125 e. The van der Waals surface area contributed by atoms with E-state index in [0.717, 1.165) is 51.2 Å². The summed E-state index contributed by atoms with van der Waals surface area (Å²) < 4.78 is 6.65. The molecule has 1 heterocycles. The highest BCUT2D eigenvalue weighted by atomic mass is 16.5. The number of ether oxygens (including phenoxy) is 1. The number of para-hydroxylation sites is 1. The number of benzene rings is 3. The van der Waals surface area contributed by atoms with Gasteiger partial charge in [-0.1, -0.05) is 78.9 Å². The number of nitrogens with one attached hydrogen (secondary N) is 1. The third kappa shape index (κ3) is 5.69. The molecule has 0 amide bonds. The van der Waals surface area contributed by atoms with Gasteiger partial charge in [-0.25, -0.2) is 0 Å². The lowest BCUT2D eigenvalue weighted by Gasteiger charge is -2.46. The number of nitrogens with zero attached hydrogens (tertiary/aromatic N) is 2. The van der Waals surface area contributed by atoms with Gasteiger partial charge in [0.15, 0.2) is 0 Å². The van der Waals surface area contributed by atoms with Crippen LogP contribution in [0.3, 0.4) is 0 Å². The second kappa shape index (κ2) is 11.7. The molecule has 0 bridgehead atoms. The molecule has 4 heteroatoms. The molecule has 34 heavy (non-hydrogen) atoms. The maximum absolute atomic E-state index is 6.65. The SMILES string of the molecule is CNCCC(Oc1ccccc1CN1CCC(c2ccccc2)(N(C)C)CC1)c1ccccc1. The smallest absolute Gasteiger partial charge is 0.125 e. The average Bonchev–Trinajstić information content (AvgIpc) is 2.89. The molecule has 1 N–H and O–H groups in total. The van der Waals surface area contributed by atoms with Gasteiger partial charge in [0.1, 0.15) is 11.9 Å². The van der Waals surface area contributed by atoms with Crippen LogP contribution in [0, 0.1) is 0 Å². The Kier molecular flexibility index (Phi) is 8.39. The van der Waals surface area contributed by atoms with E-state index in [9.17, 15) is 0 Å². The van der Waals surface area contributed by atoms with Crippen LogP contribution in [0.1, 0.15) is 42.1 Å². The first-order valence-electron chi connectivity index (χ1n) is 12.5. The molecular formula is C30H39N3O. The Morgan fingerprint density at radius 3 is 2.15 bits per heavy atom. The van der Waals surface area contributed by atoms with E-state index in [1.54, 1.807) is 0 Å². The molecule has 0 saturated carbocycles. The molecule has 3 aromatic rings. The van der Waals surface area contributed by atoms with Gasteiger partial charge in [0, 0.05) is 37.2 Å². The minimum absolute atomic E-state index is 0.0376. The second-order valence-corrected chi connectivity index (χ2v) is 9.59. The van der Waals surface area contributed by atoms with E-state index in [4.69, 9.17) is 4.74 Å². The number of hydrogen-bond donors (Lipinski definition) is 1. The summed E-state index contributed by atoms with van der Waals surface area (Å²) in [7, 11) is 6.44. The normalized spacial score (nSPS) is 16.9. The number of likely N-dealkylation sites (tertiary alicyclic amines) is 1. The third-order valence-corrected chi connectivity index (χ3v) is 7.31. The van der Waals surface area contributed by atoms with Crippen molar-refractivity contribution in [2.45, 2.75) is 37.5 Å². The predicted molar refractivity (Wildman–Crippen MR) is 141 cm³/mol. The minimum Gasteiger partial charge on any atom is -0.485 e. The van der Waals surface area contributed by atoms with E-state index < -0.39 is 0 Å². The Morgan fingerprint density at radius 2 is 1.50 bits per heavy atom. The summed E-state index contributed by atoms with van der Waals surface area (Å²) in [6.07, 6.45) is 3.22. The first-order valence-corrected chi connectivity index (χ1v) is 12.5. The molecule has 1 unspecified atom stereocenters. The molecule has 4 rings (SSSR count). The van der Waals surface area contributed by atoms with E-state index in [1.165, 1.54) is 16.7 Å². The third-order valence-electron chi connectivity index (χ3n) is 7.31. The summed E-state index contributed by atoms with van der Waals surface area (Å²) in [5.74, 6) is 1.000. The fourth-order valence-corrected chi connectivity index (χ4v) is 5.20. The van der Waals surface area contributed by atoms with Crippen LogP contribution in [0.5, 0.6) is 5.75 Å². The van der Waals surface area contributed by atoms with E-state index in [1.807, 2.05) is 7.05 Å². The van der Waals surface area contributed by atoms with Crippen molar-refractivity contribution in [2.75, 3.05) is 40.8 Å². The van der Waals surface area contributed by atoms with Gasteiger partial charge in [-0.2, -0.15) is 0 Å². The van der Waals surface area contributed by atoms with Gasteiger partial charge in [0.2, 0.25) is 0 Å². The van der Waals surface area contributed by atoms with Crippen LogP contribution >= 0.6 is 0 Å². The van der Waals surface area contributed by atoms with Crippen LogP contribution in [0.4, 0.5) is 0 Å². The van der Waals surface area contributed by atoms with Crippen LogP contribution in [-0.2, 0) is 12.1 Å². The average molecular weight is 458 g/mol. The van der Waals surface area contributed by atoms with Crippen LogP contribution in [-0.4, -0.2) is 50.6 Å². The van der Waals surface area contributed by atoms with Crippen molar-refractivity contribution in [1.29, 1.82) is 0 Å². The van der Waals surface area contributed by atoms with Crippen molar-refractivity contribution in [2.24, 2.45) is 0 Å². The summed E-state index contributed by atoms with van der Waals surface area (Å²) in [4.78, 5) is 5.00. The molecule has 1 aliphatic rings.